The Morgan fingerprint density at radius 1 is 1.50 bits per heavy atom. The van der Waals surface area contributed by atoms with Crippen molar-refractivity contribution in [2.75, 3.05) is 12.8 Å². The molecule has 0 radical (unpaired) electrons. The van der Waals surface area contributed by atoms with Crippen LogP contribution in [-0.2, 0) is 4.74 Å². The molecule has 7 heteroatoms. The van der Waals surface area contributed by atoms with E-state index in [0.717, 1.165) is 15.6 Å². The summed E-state index contributed by atoms with van der Waals surface area (Å²) in [6.07, 6.45) is 1.47. The van der Waals surface area contributed by atoms with Crippen molar-refractivity contribution in [3.63, 3.8) is 0 Å². The number of benzene rings is 1. The second-order valence-corrected chi connectivity index (χ2v) is 5.94. The summed E-state index contributed by atoms with van der Waals surface area (Å²) in [4.78, 5) is 12.0. The number of methoxy groups -OCH3 is 1. The zero-order valence-electron chi connectivity index (χ0n) is 12.2. The molecule has 0 bridgehead atoms. The Morgan fingerprint density at radius 3 is 2.68 bits per heavy atom. The van der Waals surface area contributed by atoms with Gasteiger partial charge in [-0.25, -0.2) is 4.79 Å². The van der Waals surface area contributed by atoms with E-state index in [4.69, 9.17) is 27.3 Å². The SMILES string of the molecule is COC(=O)c1c(N)c(C#N)cn1-c1c(Cl)cc(C)c(C)c1Br. The molecule has 5 nitrogen and oxygen atoms in total. The van der Waals surface area contributed by atoms with Gasteiger partial charge in [0, 0.05) is 10.7 Å². The van der Waals surface area contributed by atoms with Crippen LogP contribution < -0.4 is 5.73 Å². The number of carbonyl (C=O) groups is 1. The number of aryl methyl sites for hydroxylation is 1. The topological polar surface area (TPSA) is 81.0 Å². The highest BCUT2D eigenvalue weighted by Gasteiger charge is 2.24. The van der Waals surface area contributed by atoms with Crippen LogP contribution in [0, 0.1) is 25.2 Å². The van der Waals surface area contributed by atoms with Gasteiger partial charge in [0.2, 0.25) is 0 Å². The fraction of sp³-hybridized carbons (Fsp3) is 0.200. The van der Waals surface area contributed by atoms with Crippen LogP contribution in [-0.4, -0.2) is 17.6 Å². The molecule has 0 aliphatic carbocycles. The number of ether oxygens (including phenoxy) is 1. The van der Waals surface area contributed by atoms with Gasteiger partial charge in [0.1, 0.15) is 6.07 Å². The zero-order chi connectivity index (χ0) is 16.6. The first-order chi connectivity index (χ1) is 10.3. The number of rotatable bonds is 2. The van der Waals surface area contributed by atoms with Crippen molar-refractivity contribution in [1.29, 1.82) is 5.26 Å². The fourth-order valence-electron chi connectivity index (χ4n) is 2.13. The van der Waals surface area contributed by atoms with E-state index in [9.17, 15) is 4.79 Å². The van der Waals surface area contributed by atoms with Crippen LogP contribution in [0.1, 0.15) is 27.2 Å². The van der Waals surface area contributed by atoms with Crippen molar-refractivity contribution in [2.45, 2.75) is 13.8 Å². The van der Waals surface area contributed by atoms with Crippen molar-refractivity contribution in [3.05, 3.63) is 44.1 Å². The second kappa shape index (κ2) is 6.03. The third kappa shape index (κ3) is 2.47. The first-order valence-electron chi connectivity index (χ1n) is 6.28. The molecule has 0 saturated carbocycles. The minimum atomic E-state index is -0.639. The van der Waals surface area contributed by atoms with E-state index in [0.29, 0.717) is 10.7 Å². The number of nitrogen functional groups attached to an aromatic ring is 1. The lowest BCUT2D eigenvalue weighted by molar-refractivity contribution is 0.0593. The molecule has 0 amide bonds. The predicted molar refractivity (Wildman–Crippen MR) is 88.4 cm³/mol. The van der Waals surface area contributed by atoms with E-state index in [1.54, 1.807) is 6.07 Å². The van der Waals surface area contributed by atoms with E-state index in [-0.39, 0.29) is 16.9 Å². The number of anilines is 1. The van der Waals surface area contributed by atoms with Gasteiger partial charge < -0.3 is 15.0 Å². The summed E-state index contributed by atoms with van der Waals surface area (Å²) in [5.74, 6) is -0.639. The van der Waals surface area contributed by atoms with Gasteiger partial charge in [0.25, 0.3) is 0 Å². The summed E-state index contributed by atoms with van der Waals surface area (Å²) < 4.78 is 6.97. The van der Waals surface area contributed by atoms with Gasteiger partial charge in [-0.15, -0.1) is 0 Å². The highest BCUT2D eigenvalue weighted by Crippen LogP contribution is 2.37. The number of hydrogen-bond donors (Lipinski definition) is 1. The van der Waals surface area contributed by atoms with Crippen LogP contribution >= 0.6 is 27.5 Å². The molecular weight excluding hydrogens is 370 g/mol. The van der Waals surface area contributed by atoms with Crippen LogP contribution in [0.3, 0.4) is 0 Å². The molecule has 0 aliphatic heterocycles. The quantitative estimate of drug-likeness (QED) is 0.802. The molecule has 0 atom stereocenters. The summed E-state index contributed by atoms with van der Waals surface area (Å²) in [5, 5.41) is 9.58. The van der Waals surface area contributed by atoms with Gasteiger partial charge in [-0.05, 0) is 47.0 Å². The Kier molecular flexibility index (Phi) is 4.50. The lowest BCUT2D eigenvalue weighted by atomic mass is 10.1. The summed E-state index contributed by atoms with van der Waals surface area (Å²) in [5.41, 5.74) is 8.73. The van der Waals surface area contributed by atoms with Crippen LogP contribution in [0.15, 0.2) is 16.7 Å². The Bertz CT molecular complexity index is 821. The van der Waals surface area contributed by atoms with E-state index in [1.165, 1.54) is 17.9 Å². The van der Waals surface area contributed by atoms with Gasteiger partial charge >= 0.3 is 5.97 Å². The average molecular weight is 383 g/mol. The lowest BCUT2D eigenvalue weighted by Gasteiger charge is -2.15. The maximum absolute atomic E-state index is 12.0. The molecule has 0 unspecified atom stereocenters. The molecule has 1 aromatic heterocycles. The van der Waals surface area contributed by atoms with Crippen molar-refractivity contribution in [2.24, 2.45) is 0 Å². The van der Waals surface area contributed by atoms with Gasteiger partial charge in [-0.2, -0.15) is 5.26 Å². The van der Waals surface area contributed by atoms with Crippen molar-refractivity contribution >= 4 is 39.2 Å². The zero-order valence-corrected chi connectivity index (χ0v) is 14.5. The van der Waals surface area contributed by atoms with Crippen LogP contribution in [0.25, 0.3) is 5.69 Å². The van der Waals surface area contributed by atoms with Crippen molar-refractivity contribution < 1.29 is 9.53 Å². The van der Waals surface area contributed by atoms with E-state index < -0.39 is 5.97 Å². The molecular formula is C15H13BrClN3O2. The van der Waals surface area contributed by atoms with Crippen LogP contribution in [0.4, 0.5) is 5.69 Å². The summed E-state index contributed by atoms with van der Waals surface area (Å²) >= 11 is 9.84. The van der Waals surface area contributed by atoms with Gasteiger partial charge in [0.05, 0.1) is 29.1 Å². The Labute approximate surface area is 141 Å². The van der Waals surface area contributed by atoms with E-state index in [2.05, 4.69) is 15.9 Å². The smallest absolute Gasteiger partial charge is 0.357 e. The number of hydrogen-bond acceptors (Lipinski definition) is 4. The molecule has 2 N–H and O–H groups in total. The number of nitrogens with zero attached hydrogens (tertiary/aromatic N) is 2. The molecule has 22 heavy (non-hydrogen) atoms. The van der Waals surface area contributed by atoms with Gasteiger partial charge in [-0.3, -0.25) is 0 Å². The Morgan fingerprint density at radius 2 is 2.14 bits per heavy atom. The first kappa shape index (κ1) is 16.4. The molecule has 0 saturated heterocycles. The van der Waals surface area contributed by atoms with Crippen LogP contribution in [0.2, 0.25) is 5.02 Å². The van der Waals surface area contributed by atoms with Gasteiger partial charge in [0.15, 0.2) is 5.69 Å². The highest BCUT2D eigenvalue weighted by atomic mass is 79.9. The number of aromatic nitrogens is 1. The molecule has 114 valence electrons. The van der Waals surface area contributed by atoms with E-state index >= 15 is 0 Å². The predicted octanol–water partition coefficient (Wildman–Crippen LogP) is 3.75. The normalized spacial score (nSPS) is 10.4. The number of esters is 1. The average Bonchev–Trinajstić information content (AvgIpc) is 2.80. The number of nitriles is 1. The Balaban J connectivity index is 2.88. The number of carbonyl (C=O) groups excluding carboxylic acids is 1. The summed E-state index contributed by atoms with van der Waals surface area (Å²) in [6.45, 7) is 3.86. The summed E-state index contributed by atoms with van der Waals surface area (Å²) in [6, 6.07) is 3.75. The highest BCUT2D eigenvalue weighted by molar-refractivity contribution is 9.10. The molecule has 2 rings (SSSR count). The molecule has 1 heterocycles. The molecule has 1 aromatic carbocycles. The summed E-state index contributed by atoms with van der Waals surface area (Å²) in [7, 11) is 1.25. The van der Waals surface area contributed by atoms with Gasteiger partial charge in [-0.1, -0.05) is 11.6 Å². The number of nitrogens with two attached hydrogens (primary N) is 1. The third-order valence-electron chi connectivity index (χ3n) is 3.48. The fourth-order valence-corrected chi connectivity index (χ4v) is 3.31. The third-order valence-corrected chi connectivity index (χ3v) is 4.74. The van der Waals surface area contributed by atoms with Crippen molar-refractivity contribution in [3.8, 4) is 11.8 Å². The minimum absolute atomic E-state index is 0.0653. The Hall–Kier alpha value is -1.97. The van der Waals surface area contributed by atoms with Crippen molar-refractivity contribution in [1.82, 2.24) is 4.57 Å². The minimum Gasteiger partial charge on any atom is -0.464 e. The molecule has 0 spiro atoms. The second-order valence-electron chi connectivity index (χ2n) is 4.74. The monoisotopic (exact) mass is 381 g/mol. The lowest BCUT2D eigenvalue weighted by Crippen LogP contribution is -2.12. The molecule has 2 aromatic rings. The standard InChI is InChI=1S/C15H13BrClN3O2/c1-7-4-10(17)13(11(16)8(7)2)20-6-9(5-18)12(19)14(20)15(21)22-3/h4,6H,19H2,1-3H3. The maximum atomic E-state index is 12.0. The maximum Gasteiger partial charge on any atom is 0.357 e. The molecule has 0 fully saturated rings. The molecule has 0 aliphatic rings. The number of halogens is 2. The first-order valence-corrected chi connectivity index (χ1v) is 7.45. The van der Waals surface area contributed by atoms with Crippen LogP contribution in [0.5, 0.6) is 0 Å². The van der Waals surface area contributed by atoms with E-state index in [1.807, 2.05) is 19.9 Å². The largest absolute Gasteiger partial charge is 0.464 e.